The zero-order chi connectivity index (χ0) is 18.6. The van der Waals surface area contributed by atoms with Gasteiger partial charge in [-0.15, -0.1) is 21.5 Å². The van der Waals surface area contributed by atoms with Crippen LogP contribution in [0, 0.1) is 5.92 Å². The van der Waals surface area contributed by atoms with Crippen LogP contribution >= 0.6 is 23.1 Å². The Bertz CT molecular complexity index is 884. The first kappa shape index (κ1) is 18.1. The molecular formula is C16H20N8OS2. The third-order valence-electron chi connectivity index (χ3n) is 4.66. The van der Waals surface area contributed by atoms with Gasteiger partial charge in [-0.2, -0.15) is 16.4 Å². The van der Waals surface area contributed by atoms with Crippen LogP contribution in [0.15, 0.2) is 24.0 Å². The van der Waals surface area contributed by atoms with Crippen LogP contribution in [0.1, 0.15) is 34.6 Å². The molecule has 1 aliphatic carbocycles. The summed E-state index contributed by atoms with van der Waals surface area (Å²) in [5.74, 6) is 1.45. The number of nitrogens with one attached hydrogen (secondary N) is 1. The number of thioether (sulfide) groups is 1. The van der Waals surface area contributed by atoms with Crippen molar-refractivity contribution in [3.05, 3.63) is 34.5 Å². The molecular weight excluding hydrogens is 384 g/mol. The molecule has 27 heavy (non-hydrogen) atoms. The summed E-state index contributed by atoms with van der Waals surface area (Å²) in [5, 5.41) is 24.4. The van der Waals surface area contributed by atoms with Gasteiger partial charge >= 0.3 is 0 Å². The van der Waals surface area contributed by atoms with Gasteiger partial charge in [-0.05, 0) is 53.3 Å². The van der Waals surface area contributed by atoms with E-state index in [4.69, 9.17) is 0 Å². The molecule has 0 atom stereocenters. The van der Waals surface area contributed by atoms with Gasteiger partial charge in [0.25, 0.3) is 5.91 Å². The molecule has 3 aromatic rings. The molecule has 9 nitrogen and oxygen atoms in total. The average Bonchev–Trinajstić information content (AvgIpc) is 3.37. The second-order valence-corrected chi connectivity index (χ2v) is 8.37. The van der Waals surface area contributed by atoms with Crippen LogP contribution in [0.3, 0.4) is 0 Å². The fourth-order valence-corrected chi connectivity index (χ4v) is 4.45. The van der Waals surface area contributed by atoms with Crippen molar-refractivity contribution in [1.82, 2.24) is 40.5 Å². The number of tetrazole rings is 1. The number of carbonyl (C=O) groups is 1. The van der Waals surface area contributed by atoms with E-state index in [0.29, 0.717) is 16.5 Å². The number of hydrogen-bond donors (Lipinski definition) is 1. The molecule has 0 aromatic carbocycles. The zero-order valence-corrected chi connectivity index (χ0v) is 16.5. The molecule has 11 heteroatoms. The topological polar surface area (TPSA) is 103 Å². The van der Waals surface area contributed by atoms with Gasteiger partial charge < -0.3 is 5.32 Å². The summed E-state index contributed by atoms with van der Waals surface area (Å²) < 4.78 is 3.43. The summed E-state index contributed by atoms with van der Waals surface area (Å²) in [4.78, 5) is 13.2. The van der Waals surface area contributed by atoms with Crippen molar-refractivity contribution in [2.45, 2.75) is 37.6 Å². The number of aryl methyl sites for hydroxylation is 1. The van der Waals surface area contributed by atoms with E-state index >= 15 is 0 Å². The van der Waals surface area contributed by atoms with E-state index in [1.807, 2.05) is 22.3 Å². The van der Waals surface area contributed by atoms with Gasteiger partial charge in [0.15, 0.2) is 0 Å². The van der Waals surface area contributed by atoms with Crippen molar-refractivity contribution in [3.8, 4) is 5.69 Å². The molecule has 0 aliphatic heterocycles. The summed E-state index contributed by atoms with van der Waals surface area (Å²) in [5.41, 5.74) is 1.74. The predicted octanol–water partition coefficient (Wildman–Crippen LogP) is 1.78. The molecule has 3 heterocycles. The summed E-state index contributed by atoms with van der Waals surface area (Å²) in [6.07, 6.45) is 8.64. The van der Waals surface area contributed by atoms with E-state index in [1.54, 1.807) is 11.8 Å². The Morgan fingerprint density at radius 2 is 2.30 bits per heavy atom. The zero-order valence-electron chi connectivity index (χ0n) is 14.9. The lowest BCUT2D eigenvalue weighted by atomic mass is 9.78. The largest absolute Gasteiger partial charge is 0.349 e. The summed E-state index contributed by atoms with van der Waals surface area (Å²) in [6, 6.07) is 2.08. The maximum Gasteiger partial charge on any atom is 0.263 e. The normalized spacial score (nSPS) is 19.0. The summed E-state index contributed by atoms with van der Waals surface area (Å²) in [7, 11) is 0. The van der Waals surface area contributed by atoms with Gasteiger partial charge in [0.1, 0.15) is 11.2 Å². The molecule has 1 N–H and O–H groups in total. The van der Waals surface area contributed by atoms with Crippen LogP contribution in [0.25, 0.3) is 5.69 Å². The van der Waals surface area contributed by atoms with Gasteiger partial charge in [0.05, 0.1) is 11.4 Å². The molecule has 4 rings (SSSR count). The van der Waals surface area contributed by atoms with Crippen LogP contribution < -0.4 is 5.32 Å². The van der Waals surface area contributed by atoms with Crippen molar-refractivity contribution < 1.29 is 4.79 Å². The second kappa shape index (κ2) is 8.17. The first-order valence-corrected chi connectivity index (χ1v) is 11.0. The molecule has 1 saturated carbocycles. The van der Waals surface area contributed by atoms with E-state index in [0.717, 1.165) is 37.3 Å². The van der Waals surface area contributed by atoms with Gasteiger partial charge in [0.2, 0.25) is 0 Å². The Morgan fingerprint density at radius 1 is 1.41 bits per heavy atom. The highest BCUT2D eigenvalue weighted by Gasteiger charge is 2.31. The minimum atomic E-state index is -0.0584. The summed E-state index contributed by atoms with van der Waals surface area (Å²) >= 11 is 3.14. The number of aromatic nitrogens is 7. The second-order valence-electron chi connectivity index (χ2n) is 6.59. The maximum absolute atomic E-state index is 12.6. The van der Waals surface area contributed by atoms with Crippen molar-refractivity contribution in [3.63, 3.8) is 0 Å². The van der Waals surface area contributed by atoms with Gasteiger partial charge in [-0.3, -0.25) is 9.48 Å². The van der Waals surface area contributed by atoms with E-state index < -0.39 is 0 Å². The van der Waals surface area contributed by atoms with Crippen molar-refractivity contribution >= 4 is 29.0 Å². The number of hydrogen-bond acceptors (Lipinski definition) is 8. The lowest BCUT2D eigenvalue weighted by molar-refractivity contribution is 0.0887. The van der Waals surface area contributed by atoms with Crippen LogP contribution in [-0.4, -0.2) is 53.4 Å². The molecule has 0 bridgehead atoms. The molecule has 0 spiro atoms. The van der Waals surface area contributed by atoms with E-state index in [2.05, 4.69) is 37.4 Å². The Balaban J connectivity index is 1.23. The molecule has 142 valence electrons. The number of carbonyl (C=O) groups excluding carboxylic acids is 1. The minimum absolute atomic E-state index is 0.0584. The van der Waals surface area contributed by atoms with Gasteiger partial charge in [-0.1, -0.05) is 5.21 Å². The van der Waals surface area contributed by atoms with Gasteiger partial charge in [0, 0.05) is 24.5 Å². The number of nitrogens with zero attached hydrogens (tertiary/aromatic N) is 7. The molecule has 0 unspecified atom stereocenters. The average molecular weight is 405 g/mol. The third kappa shape index (κ3) is 4.19. The van der Waals surface area contributed by atoms with Crippen LogP contribution in [0.2, 0.25) is 0 Å². The predicted molar refractivity (Wildman–Crippen MR) is 103 cm³/mol. The van der Waals surface area contributed by atoms with Crippen molar-refractivity contribution in [2.75, 3.05) is 6.26 Å². The minimum Gasteiger partial charge on any atom is -0.349 e. The summed E-state index contributed by atoms with van der Waals surface area (Å²) in [6.45, 7) is 0.876. The first-order valence-electron chi connectivity index (χ1n) is 8.72. The number of rotatable bonds is 8. The smallest absolute Gasteiger partial charge is 0.263 e. The molecule has 1 aliphatic rings. The highest BCUT2D eigenvalue weighted by atomic mass is 32.2. The quantitative estimate of drug-likeness (QED) is 0.610. The molecule has 3 aromatic heterocycles. The monoisotopic (exact) mass is 404 g/mol. The van der Waals surface area contributed by atoms with E-state index in [1.165, 1.54) is 22.3 Å². The fourth-order valence-electron chi connectivity index (χ4n) is 3.24. The van der Waals surface area contributed by atoms with E-state index in [-0.39, 0.29) is 11.9 Å². The molecule has 0 radical (unpaired) electrons. The Kier molecular flexibility index (Phi) is 5.48. The van der Waals surface area contributed by atoms with Crippen molar-refractivity contribution in [2.24, 2.45) is 5.92 Å². The molecule has 1 fully saturated rings. The van der Waals surface area contributed by atoms with Crippen LogP contribution in [0.4, 0.5) is 0 Å². The Labute approximate surface area is 164 Å². The lowest BCUT2D eigenvalue weighted by Crippen LogP contribution is -2.44. The Hall–Kier alpha value is -2.27. The highest BCUT2D eigenvalue weighted by molar-refractivity contribution is 7.97. The Morgan fingerprint density at radius 3 is 3.07 bits per heavy atom. The van der Waals surface area contributed by atoms with Crippen LogP contribution in [-0.2, 0) is 12.3 Å². The van der Waals surface area contributed by atoms with E-state index in [9.17, 15) is 4.79 Å². The SMILES string of the molecule is CSCc1cn(CCC2CC(NC(=O)c3sccc3-n3cnnn3)C2)nn1. The number of thiophene rings is 1. The fraction of sp³-hybridized carbons (Fsp3) is 0.500. The van der Waals surface area contributed by atoms with Gasteiger partial charge in [-0.25, -0.2) is 0 Å². The standard InChI is InChI=1S/C16H20N8OS2/c1-26-9-13-8-23(21-19-13)4-2-11-6-12(7-11)18-16(25)15-14(3-5-27-15)24-10-17-20-22-24/h3,5,8,10-12H,2,4,6-7,9H2,1H3,(H,18,25). The number of amides is 1. The first-order chi connectivity index (χ1) is 13.2. The third-order valence-corrected chi connectivity index (χ3v) is 6.15. The maximum atomic E-state index is 12.6. The van der Waals surface area contributed by atoms with Crippen LogP contribution in [0.5, 0.6) is 0 Å². The molecule has 0 saturated heterocycles. The van der Waals surface area contributed by atoms with Crippen molar-refractivity contribution in [1.29, 1.82) is 0 Å². The highest BCUT2D eigenvalue weighted by Crippen LogP contribution is 2.31. The lowest BCUT2D eigenvalue weighted by Gasteiger charge is -2.35. The molecule has 1 amide bonds.